The van der Waals surface area contributed by atoms with Crippen LogP contribution in [0.1, 0.15) is 0 Å². The summed E-state index contributed by atoms with van der Waals surface area (Å²) in [6, 6.07) is 0. The summed E-state index contributed by atoms with van der Waals surface area (Å²) in [6.45, 7) is 0. The quantitative estimate of drug-likeness (QED) is 0.679. The second-order valence-electron chi connectivity index (χ2n) is 0.676. The van der Waals surface area contributed by atoms with Crippen molar-refractivity contribution in [2.24, 2.45) is 0 Å². The van der Waals surface area contributed by atoms with E-state index < -0.39 is 0 Å². The molecule has 0 aromatic carbocycles. The molecule has 46 valence electrons. The van der Waals surface area contributed by atoms with Crippen LogP contribution < -0.4 is 0 Å². The molecule has 0 saturated carbocycles. The van der Waals surface area contributed by atoms with E-state index in [1.807, 2.05) is 0 Å². The Morgan fingerprint density at radius 2 is 1.88 bits per heavy atom. The van der Waals surface area contributed by atoms with Gasteiger partial charge < -0.3 is 4.42 Å². The number of oxazole rings is 1. The summed E-state index contributed by atoms with van der Waals surface area (Å²) >= 11 is 0. The first-order valence-electron chi connectivity index (χ1n) is 1.32. The fraction of sp³-hybridized carbons (Fsp3) is 0. The zero-order chi connectivity index (χ0) is 3.54. The standard InChI is InChI=1S/C3H3NO.2ClH.Zr/c1-2-5-3-4-1;;;/h1-3H;2*1H;. The molecule has 8 heavy (non-hydrogen) atoms. The Kier molecular flexibility index (Phi) is 21.1. The third-order valence-corrected chi connectivity index (χ3v) is 0.347. The average Bonchev–Trinajstić information content (AvgIpc) is 1.76. The fourth-order valence-corrected chi connectivity index (χ4v) is 0.176. The Labute approximate surface area is 79.0 Å². The summed E-state index contributed by atoms with van der Waals surface area (Å²) in [4.78, 5) is 3.56. The smallest absolute Gasteiger partial charge is 0.180 e. The van der Waals surface area contributed by atoms with Crippen molar-refractivity contribution in [2.75, 3.05) is 0 Å². The Morgan fingerprint density at radius 1 is 1.25 bits per heavy atom. The number of rotatable bonds is 0. The van der Waals surface area contributed by atoms with Crippen molar-refractivity contribution in [2.45, 2.75) is 0 Å². The maximum atomic E-state index is 4.47. The molecule has 1 rings (SSSR count). The largest absolute Gasteiger partial charge is 0.452 e. The van der Waals surface area contributed by atoms with E-state index in [4.69, 9.17) is 0 Å². The molecular formula is C3H5Cl2NOZr. The van der Waals surface area contributed by atoms with E-state index in [0.29, 0.717) is 0 Å². The van der Waals surface area contributed by atoms with E-state index in [1.54, 1.807) is 6.20 Å². The molecule has 0 fully saturated rings. The topological polar surface area (TPSA) is 26.0 Å². The molecule has 0 saturated heterocycles. The maximum absolute atomic E-state index is 4.47. The molecule has 0 radical (unpaired) electrons. The molecule has 0 spiro atoms. The first-order chi connectivity index (χ1) is 2.50. The Hall–Kier alpha value is 0.673. The Morgan fingerprint density at radius 3 is 2.00 bits per heavy atom. The van der Waals surface area contributed by atoms with Gasteiger partial charge in [0.05, 0.1) is 6.20 Å². The molecular weight excluding hydrogens is 228 g/mol. The molecule has 0 N–H and O–H groups in total. The first kappa shape index (κ1) is 15.9. The number of halogens is 2. The minimum absolute atomic E-state index is 0. The minimum atomic E-state index is 0. The SMILES string of the molecule is Cl.Cl.[Zr].c1cocn1. The van der Waals surface area contributed by atoms with Crippen molar-refractivity contribution < 1.29 is 30.6 Å². The van der Waals surface area contributed by atoms with Crippen LogP contribution in [-0.4, -0.2) is 4.98 Å². The zero-order valence-corrected chi connectivity index (χ0v) is 8.00. The van der Waals surface area contributed by atoms with Crippen molar-refractivity contribution in [1.82, 2.24) is 4.98 Å². The number of hydrogen-bond acceptors (Lipinski definition) is 2. The number of nitrogens with zero attached hydrogens (tertiary/aromatic N) is 1. The molecule has 2 nitrogen and oxygen atoms in total. The monoisotopic (exact) mass is 231 g/mol. The fourth-order valence-electron chi connectivity index (χ4n) is 0.176. The van der Waals surface area contributed by atoms with Crippen LogP contribution in [0.3, 0.4) is 0 Å². The van der Waals surface area contributed by atoms with Gasteiger partial charge in [-0.05, 0) is 0 Å². The van der Waals surface area contributed by atoms with Gasteiger partial charge in [0.15, 0.2) is 6.39 Å². The average molecular weight is 233 g/mol. The van der Waals surface area contributed by atoms with Crippen molar-refractivity contribution in [3.8, 4) is 0 Å². The van der Waals surface area contributed by atoms with E-state index >= 15 is 0 Å². The molecule has 0 bridgehead atoms. The van der Waals surface area contributed by atoms with Gasteiger partial charge in [0.2, 0.25) is 0 Å². The summed E-state index contributed by atoms with van der Waals surface area (Å²) in [5.74, 6) is 0. The van der Waals surface area contributed by atoms with Gasteiger partial charge in [0.25, 0.3) is 0 Å². The molecule has 0 aliphatic carbocycles. The van der Waals surface area contributed by atoms with Gasteiger partial charge in [-0.1, -0.05) is 0 Å². The van der Waals surface area contributed by atoms with Crippen LogP contribution in [0.25, 0.3) is 0 Å². The van der Waals surface area contributed by atoms with Crippen LogP contribution in [0.2, 0.25) is 0 Å². The molecule has 1 aromatic rings. The molecule has 0 aliphatic rings. The van der Waals surface area contributed by atoms with Crippen LogP contribution in [-0.2, 0) is 26.2 Å². The molecule has 1 aromatic heterocycles. The van der Waals surface area contributed by atoms with E-state index in [0.717, 1.165) is 0 Å². The summed E-state index contributed by atoms with van der Waals surface area (Å²) in [7, 11) is 0. The van der Waals surface area contributed by atoms with Crippen molar-refractivity contribution in [1.29, 1.82) is 0 Å². The van der Waals surface area contributed by atoms with Gasteiger partial charge in [-0.25, -0.2) is 4.98 Å². The van der Waals surface area contributed by atoms with Crippen molar-refractivity contribution in [3.05, 3.63) is 18.9 Å². The third kappa shape index (κ3) is 6.67. The normalized spacial score (nSPS) is 5.00. The summed E-state index contributed by atoms with van der Waals surface area (Å²) in [5, 5.41) is 0. The molecule has 1 heterocycles. The molecule has 0 aliphatic heterocycles. The van der Waals surface area contributed by atoms with E-state index in [-0.39, 0.29) is 51.0 Å². The Balaban J connectivity index is -0.0000000833. The summed E-state index contributed by atoms with van der Waals surface area (Å²) in [6.07, 6.45) is 4.47. The zero-order valence-electron chi connectivity index (χ0n) is 3.90. The second-order valence-corrected chi connectivity index (χ2v) is 0.676. The van der Waals surface area contributed by atoms with E-state index in [1.165, 1.54) is 12.7 Å². The van der Waals surface area contributed by atoms with E-state index in [9.17, 15) is 0 Å². The van der Waals surface area contributed by atoms with Gasteiger partial charge in [-0.2, -0.15) is 0 Å². The van der Waals surface area contributed by atoms with Crippen molar-refractivity contribution >= 4 is 24.8 Å². The van der Waals surface area contributed by atoms with Crippen LogP contribution in [0, 0.1) is 0 Å². The summed E-state index contributed by atoms with van der Waals surface area (Å²) in [5.41, 5.74) is 0. The van der Waals surface area contributed by atoms with Crippen molar-refractivity contribution in [3.63, 3.8) is 0 Å². The van der Waals surface area contributed by atoms with Gasteiger partial charge >= 0.3 is 0 Å². The molecule has 0 atom stereocenters. The Bertz CT molecular complexity index is 73.8. The third-order valence-electron chi connectivity index (χ3n) is 0.347. The van der Waals surface area contributed by atoms with Crippen LogP contribution in [0.5, 0.6) is 0 Å². The maximum Gasteiger partial charge on any atom is 0.180 e. The van der Waals surface area contributed by atoms with Gasteiger partial charge in [0, 0.05) is 26.2 Å². The predicted molar refractivity (Wildman–Crippen MR) is 31.0 cm³/mol. The van der Waals surface area contributed by atoms with Crippen LogP contribution in [0.15, 0.2) is 23.3 Å². The first-order valence-corrected chi connectivity index (χ1v) is 1.32. The molecule has 0 unspecified atom stereocenters. The van der Waals surface area contributed by atoms with Crippen LogP contribution >= 0.6 is 24.8 Å². The summed E-state index contributed by atoms with van der Waals surface area (Å²) < 4.78 is 4.47. The van der Waals surface area contributed by atoms with Crippen LogP contribution in [0.4, 0.5) is 0 Å². The predicted octanol–water partition coefficient (Wildman–Crippen LogP) is 1.52. The van der Waals surface area contributed by atoms with Gasteiger partial charge in [-0.3, -0.25) is 0 Å². The van der Waals surface area contributed by atoms with Gasteiger partial charge in [0.1, 0.15) is 6.26 Å². The molecule has 5 heteroatoms. The van der Waals surface area contributed by atoms with E-state index in [2.05, 4.69) is 9.40 Å². The number of hydrogen-bond donors (Lipinski definition) is 0. The second kappa shape index (κ2) is 10.6. The number of aromatic nitrogens is 1. The molecule has 0 amide bonds. The minimum Gasteiger partial charge on any atom is -0.452 e. The van der Waals surface area contributed by atoms with Gasteiger partial charge in [-0.15, -0.1) is 24.8 Å².